The fourth-order valence-corrected chi connectivity index (χ4v) is 2.46. The molecule has 4 heteroatoms. The second-order valence-electron chi connectivity index (χ2n) is 4.70. The van der Waals surface area contributed by atoms with E-state index >= 15 is 0 Å². The second-order valence-corrected chi connectivity index (χ2v) is 5.61. The van der Waals surface area contributed by atoms with Crippen molar-refractivity contribution in [3.63, 3.8) is 0 Å². The number of benzene rings is 1. The van der Waals surface area contributed by atoms with E-state index < -0.39 is 0 Å². The molecule has 1 aromatic heterocycles. The molecule has 0 bridgehead atoms. The van der Waals surface area contributed by atoms with E-state index in [1.54, 1.807) is 6.20 Å². The first-order valence-corrected chi connectivity index (χ1v) is 7.58. The molecule has 0 aliphatic heterocycles. The van der Waals surface area contributed by atoms with Gasteiger partial charge in [0.2, 0.25) is 0 Å². The van der Waals surface area contributed by atoms with E-state index in [1.807, 2.05) is 30.3 Å². The van der Waals surface area contributed by atoms with Crippen LogP contribution in [-0.2, 0) is 6.42 Å². The molecule has 1 aromatic carbocycles. The highest BCUT2D eigenvalue weighted by molar-refractivity contribution is 9.10. The first-order chi connectivity index (χ1) is 9.70. The van der Waals surface area contributed by atoms with Crippen LogP contribution in [0.2, 0.25) is 0 Å². The van der Waals surface area contributed by atoms with Crippen LogP contribution in [0.5, 0.6) is 0 Å². The van der Waals surface area contributed by atoms with E-state index in [0.29, 0.717) is 12.0 Å². The van der Waals surface area contributed by atoms with Gasteiger partial charge in [-0.3, -0.25) is 4.98 Å². The van der Waals surface area contributed by atoms with Gasteiger partial charge in [0.15, 0.2) is 0 Å². The first-order valence-electron chi connectivity index (χ1n) is 6.79. The molecule has 0 fully saturated rings. The van der Waals surface area contributed by atoms with Crippen molar-refractivity contribution in [3.8, 4) is 0 Å². The number of nitrogens with one attached hydrogen (secondary N) is 1. The zero-order chi connectivity index (χ0) is 14.4. The Labute approximate surface area is 127 Å². The Morgan fingerprint density at radius 1 is 1.30 bits per heavy atom. The Bertz CT molecular complexity index is 545. The topological polar surface area (TPSA) is 24.9 Å². The van der Waals surface area contributed by atoms with Gasteiger partial charge in [0.05, 0.1) is 0 Å². The smallest absolute Gasteiger partial charge is 0.129 e. The lowest BCUT2D eigenvalue weighted by Crippen LogP contribution is -2.25. The van der Waals surface area contributed by atoms with Crippen molar-refractivity contribution in [3.05, 3.63) is 64.1 Å². The van der Waals surface area contributed by atoms with Crippen molar-refractivity contribution >= 4 is 15.9 Å². The van der Waals surface area contributed by atoms with Crippen molar-refractivity contribution in [2.24, 2.45) is 0 Å². The zero-order valence-electron chi connectivity index (χ0n) is 11.4. The minimum Gasteiger partial charge on any atom is -0.310 e. The lowest BCUT2D eigenvalue weighted by Gasteiger charge is -2.19. The summed E-state index contributed by atoms with van der Waals surface area (Å²) in [5.41, 5.74) is 1.65. The molecule has 1 unspecified atom stereocenters. The third-order valence-corrected chi connectivity index (χ3v) is 3.61. The highest BCUT2D eigenvalue weighted by Crippen LogP contribution is 2.23. The lowest BCUT2D eigenvalue weighted by atomic mass is 10.0. The van der Waals surface area contributed by atoms with Crippen molar-refractivity contribution in [2.75, 3.05) is 6.54 Å². The Morgan fingerprint density at radius 3 is 2.80 bits per heavy atom. The molecule has 2 aromatic rings. The molecule has 0 radical (unpaired) electrons. The molecule has 1 heterocycles. The Morgan fingerprint density at radius 2 is 2.15 bits per heavy atom. The molecular formula is C16H18BrFN2. The summed E-state index contributed by atoms with van der Waals surface area (Å²) in [4.78, 5) is 4.33. The van der Waals surface area contributed by atoms with Crippen LogP contribution in [0.3, 0.4) is 0 Å². The number of aromatic nitrogens is 1. The van der Waals surface area contributed by atoms with Crippen LogP contribution in [0.1, 0.15) is 30.6 Å². The van der Waals surface area contributed by atoms with E-state index in [9.17, 15) is 4.39 Å². The minimum atomic E-state index is -0.191. The van der Waals surface area contributed by atoms with Crippen LogP contribution >= 0.6 is 15.9 Å². The quantitative estimate of drug-likeness (QED) is 0.852. The third-order valence-electron chi connectivity index (χ3n) is 3.12. The summed E-state index contributed by atoms with van der Waals surface area (Å²) in [5.74, 6) is -0.191. The SMILES string of the molecule is CCCNC(Cc1ccccn1)c1ccc(Br)cc1F. The summed E-state index contributed by atoms with van der Waals surface area (Å²) >= 11 is 3.29. The number of hydrogen-bond acceptors (Lipinski definition) is 2. The highest BCUT2D eigenvalue weighted by atomic mass is 79.9. The van der Waals surface area contributed by atoms with Gasteiger partial charge in [0, 0.05) is 34.4 Å². The van der Waals surface area contributed by atoms with Crippen molar-refractivity contribution in [1.29, 1.82) is 0 Å². The van der Waals surface area contributed by atoms with Crippen LogP contribution in [-0.4, -0.2) is 11.5 Å². The van der Waals surface area contributed by atoms with Crippen LogP contribution in [0.4, 0.5) is 4.39 Å². The molecule has 2 rings (SSSR count). The van der Waals surface area contributed by atoms with Gasteiger partial charge in [-0.05, 0) is 37.2 Å². The van der Waals surface area contributed by atoms with Gasteiger partial charge in [-0.25, -0.2) is 4.39 Å². The lowest BCUT2D eigenvalue weighted by molar-refractivity contribution is 0.493. The van der Waals surface area contributed by atoms with Crippen molar-refractivity contribution in [2.45, 2.75) is 25.8 Å². The summed E-state index contributed by atoms with van der Waals surface area (Å²) in [6.07, 6.45) is 3.46. The Balaban J connectivity index is 2.22. The summed E-state index contributed by atoms with van der Waals surface area (Å²) < 4.78 is 14.9. The zero-order valence-corrected chi connectivity index (χ0v) is 13.0. The van der Waals surface area contributed by atoms with E-state index in [2.05, 4.69) is 33.2 Å². The molecule has 20 heavy (non-hydrogen) atoms. The van der Waals surface area contributed by atoms with E-state index in [4.69, 9.17) is 0 Å². The third kappa shape index (κ3) is 4.12. The van der Waals surface area contributed by atoms with Gasteiger partial charge >= 0.3 is 0 Å². The largest absolute Gasteiger partial charge is 0.310 e. The summed E-state index contributed by atoms with van der Waals surface area (Å²) in [7, 11) is 0. The maximum Gasteiger partial charge on any atom is 0.129 e. The fraction of sp³-hybridized carbons (Fsp3) is 0.312. The molecule has 0 spiro atoms. The molecule has 1 atom stereocenters. The second kappa shape index (κ2) is 7.50. The monoisotopic (exact) mass is 336 g/mol. The predicted molar refractivity (Wildman–Crippen MR) is 83.1 cm³/mol. The number of rotatable bonds is 6. The minimum absolute atomic E-state index is 0.0575. The molecule has 106 valence electrons. The maximum atomic E-state index is 14.1. The Hall–Kier alpha value is -1.26. The fourth-order valence-electron chi connectivity index (χ4n) is 2.12. The number of hydrogen-bond donors (Lipinski definition) is 1. The molecule has 2 nitrogen and oxygen atoms in total. The van der Waals surface area contributed by atoms with Gasteiger partial charge in [0.1, 0.15) is 5.82 Å². The molecule has 0 saturated carbocycles. The van der Waals surface area contributed by atoms with Crippen LogP contribution in [0, 0.1) is 5.82 Å². The molecule has 0 aliphatic rings. The van der Waals surface area contributed by atoms with Gasteiger partial charge in [0.25, 0.3) is 0 Å². The molecule has 0 amide bonds. The predicted octanol–water partition coefficient (Wildman–Crippen LogP) is 4.27. The number of halogens is 2. The van der Waals surface area contributed by atoms with Crippen molar-refractivity contribution in [1.82, 2.24) is 10.3 Å². The van der Waals surface area contributed by atoms with Crippen LogP contribution < -0.4 is 5.32 Å². The van der Waals surface area contributed by atoms with E-state index in [-0.39, 0.29) is 11.9 Å². The summed E-state index contributed by atoms with van der Waals surface area (Å²) in [6.45, 7) is 2.95. The average molecular weight is 337 g/mol. The summed E-state index contributed by atoms with van der Waals surface area (Å²) in [5, 5.41) is 3.40. The Kier molecular flexibility index (Phi) is 5.68. The van der Waals surface area contributed by atoms with Gasteiger partial charge in [-0.2, -0.15) is 0 Å². The van der Waals surface area contributed by atoms with Crippen LogP contribution in [0.25, 0.3) is 0 Å². The molecule has 1 N–H and O–H groups in total. The van der Waals surface area contributed by atoms with E-state index in [1.165, 1.54) is 6.07 Å². The van der Waals surface area contributed by atoms with E-state index in [0.717, 1.165) is 23.1 Å². The van der Waals surface area contributed by atoms with Gasteiger partial charge < -0.3 is 5.32 Å². The first kappa shape index (κ1) is 15.1. The van der Waals surface area contributed by atoms with Gasteiger partial charge in [-0.1, -0.05) is 35.0 Å². The maximum absolute atomic E-state index is 14.1. The number of pyridine rings is 1. The van der Waals surface area contributed by atoms with Crippen molar-refractivity contribution < 1.29 is 4.39 Å². The summed E-state index contributed by atoms with van der Waals surface area (Å²) in [6, 6.07) is 11.0. The molecule has 0 aliphatic carbocycles. The normalized spacial score (nSPS) is 12.3. The van der Waals surface area contributed by atoms with Gasteiger partial charge in [-0.15, -0.1) is 0 Å². The average Bonchev–Trinajstić information content (AvgIpc) is 2.45. The number of nitrogens with zero attached hydrogens (tertiary/aromatic N) is 1. The molecule has 0 saturated heterocycles. The standard InChI is InChI=1S/C16H18BrFN2/c1-2-8-20-16(11-13-5-3-4-9-19-13)14-7-6-12(17)10-15(14)18/h3-7,9-10,16,20H,2,8,11H2,1H3. The molecular weight excluding hydrogens is 319 g/mol. The highest BCUT2D eigenvalue weighted by Gasteiger charge is 2.16. The van der Waals surface area contributed by atoms with Crippen LogP contribution in [0.15, 0.2) is 47.1 Å².